The Labute approximate surface area is 148 Å². The second kappa shape index (κ2) is 6.77. The Morgan fingerprint density at radius 3 is 2.48 bits per heavy atom. The van der Waals surface area contributed by atoms with Crippen molar-refractivity contribution in [2.45, 2.75) is 31.4 Å². The SMILES string of the molecule is OC1(c2ccccc2)CCN(Cc2ccc(N3CCCC3)c(F)c2)C1. The van der Waals surface area contributed by atoms with Gasteiger partial charge in [0.2, 0.25) is 0 Å². The van der Waals surface area contributed by atoms with Crippen LogP contribution < -0.4 is 4.90 Å². The van der Waals surface area contributed by atoms with Crippen molar-refractivity contribution in [3.8, 4) is 0 Å². The van der Waals surface area contributed by atoms with E-state index in [1.807, 2.05) is 42.5 Å². The van der Waals surface area contributed by atoms with Gasteiger partial charge in [-0.05, 0) is 42.5 Å². The first kappa shape index (κ1) is 16.6. The van der Waals surface area contributed by atoms with Crippen LogP contribution >= 0.6 is 0 Å². The molecule has 1 unspecified atom stereocenters. The highest BCUT2D eigenvalue weighted by molar-refractivity contribution is 5.49. The highest BCUT2D eigenvalue weighted by Crippen LogP contribution is 2.33. The standard InChI is InChI=1S/C21H25FN2O/c22-19-14-17(8-9-20(19)24-11-4-5-12-24)15-23-13-10-21(25,16-23)18-6-2-1-3-7-18/h1-3,6-9,14,25H,4-5,10-13,15-16H2. The molecule has 0 aliphatic carbocycles. The van der Waals surface area contributed by atoms with Gasteiger partial charge in [0.25, 0.3) is 0 Å². The van der Waals surface area contributed by atoms with Crippen LogP contribution in [0.25, 0.3) is 0 Å². The Morgan fingerprint density at radius 1 is 1.00 bits per heavy atom. The Hall–Kier alpha value is -1.91. The third kappa shape index (κ3) is 3.42. The summed E-state index contributed by atoms with van der Waals surface area (Å²) in [5.74, 6) is -0.128. The summed E-state index contributed by atoms with van der Waals surface area (Å²) in [6, 6.07) is 15.4. The van der Waals surface area contributed by atoms with Gasteiger partial charge in [-0.3, -0.25) is 4.90 Å². The van der Waals surface area contributed by atoms with Gasteiger partial charge in [0.05, 0.1) is 5.69 Å². The quantitative estimate of drug-likeness (QED) is 0.922. The van der Waals surface area contributed by atoms with Crippen LogP contribution in [0.3, 0.4) is 0 Å². The molecule has 0 aromatic heterocycles. The molecule has 2 aromatic rings. The summed E-state index contributed by atoms with van der Waals surface area (Å²) in [7, 11) is 0. The molecule has 1 atom stereocenters. The van der Waals surface area contributed by atoms with E-state index >= 15 is 0 Å². The summed E-state index contributed by atoms with van der Waals surface area (Å²) >= 11 is 0. The number of nitrogens with zero attached hydrogens (tertiary/aromatic N) is 2. The van der Waals surface area contributed by atoms with Crippen LogP contribution in [0.15, 0.2) is 48.5 Å². The zero-order valence-corrected chi connectivity index (χ0v) is 14.5. The van der Waals surface area contributed by atoms with E-state index in [0.29, 0.717) is 19.5 Å². The number of likely N-dealkylation sites (tertiary alicyclic amines) is 1. The molecule has 2 aromatic carbocycles. The Kier molecular flexibility index (Phi) is 4.48. The number of hydrogen-bond acceptors (Lipinski definition) is 3. The molecule has 2 fully saturated rings. The number of benzene rings is 2. The fourth-order valence-electron chi connectivity index (χ4n) is 4.11. The summed E-state index contributed by atoms with van der Waals surface area (Å²) in [5.41, 5.74) is 1.87. The van der Waals surface area contributed by atoms with Gasteiger partial charge in [-0.2, -0.15) is 0 Å². The van der Waals surface area contributed by atoms with Crippen molar-refractivity contribution in [2.24, 2.45) is 0 Å². The van der Waals surface area contributed by atoms with Crippen LogP contribution in [-0.4, -0.2) is 36.2 Å². The van der Waals surface area contributed by atoms with E-state index in [4.69, 9.17) is 0 Å². The van der Waals surface area contributed by atoms with Gasteiger partial charge < -0.3 is 10.0 Å². The first-order valence-corrected chi connectivity index (χ1v) is 9.18. The van der Waals surface area contributed by atoms with Crippen molar-refractivity contribution in [2.75, 3.05) is 31.1 Å². The van der Waals surface area contributed by atoms with Gasteiger partial charge in [-0.1, -0.05) is 36.4 Å². The van der Waals surface area contributed by atoms with E-state index in [2.05, 4.69) is 9.80 Å². The number of halogens is 1. The first-order valence-electron chi connectivity index (χ1n) is 9.18. The van der Waals surface area contributed by atoms with Crippen LogP contribution in [0.5, 0.6) is 0 Å². The maximum absolute atomic E-state index is 14.5. The molecule has 2 heterocycles. The molecule has 25 heavy (non-hydrogen) atoms. The molecule has 2 aliphatic rings. The lowest BCUT2D eigenvalue weighted by atomic mass is 9.93. The molecule has 1 N–H and O–H groups in total. The van der Waals surface area contributed by atoms with E-state index in [0.717, 1.165) is 49.3 Å². The topological polar surface area (TPSA) is 26.7 Å². The lowest BCUT2D eigenvalue weighted by Crippen LogP contribution is -2.30. The average Bonchev–Trinajstić information content (AvgIpc) is 3.27. The van der Waals surface area contributed by atoms with Gasteiger partial charge in [0.15, 0.2) is 0 Å². The molecular weight excluding hydrogens is 315 g/mol. The second-order valence-electron chi connectivity index (χ2n) is 7.34. The Bertz CT molecular complexity index is 730. The fraction of sp³-hybridized carbons (Fsp3) is 0.429. The van der Waals surface area contributed by atoms with Crippen molar-refractivity contribution in [3.05, 3.63) is 65.5 Å². The molecule has 132 valence electrons. The summed E-state index contributed by atoms with van der Waals surface area (Å²) < 4.78 is 14.5. The lowest BCUT2D eigenvalue weighted by Gasteiger charge is -2.24. The van der Waals surface area contributed by atoms with Crippen LogP contribution in [0.2, 0.25) is 0 Å². The molecule has 0 amide bonds. The number of hydrogen-bond donors (Lipinski definition) is 1. The van der Waals surface area contributed by atoms with Gasteiger partial charge >= 0.3 is 0 Å². The smallest absolute Gasteiger partial charge is 0.146 e. The number of β-amino-alcohol motifs (C(OH)–C–C–N with tert-alkyl or cyclic N) is 1. The van der Waals surface area contributed by atoms with Crippen LogP contribution in [-0.2, 0) is 12.1 Å². The molecule has 0 radical (unpaired) electrons. The summed E-state index contributed by atoms with van der Waals surface area (Å²) in [4.78, 5) is 4.33. The van der Waals surface area contributed by atoms with E-state index in [-0.39, 0.29) is 5.82 Å². The van der Waals surface area contributed by atoms with Crippen molar-refractivity contribution in [1.82, 2.24) is 4.90 Å². The van der Waals surface area contributed by atoms with E-state index in [9.17, 15) is 9.50 Å². The number of rotatable bonds is 4. The van der Waals surface area contributed by atoms with Crippen LogP contribution in [0.1, 0.15) is 30.4 Å². The van der Waals surface area contributed by atoms with E-state index in [1.165, 1.54) is 0 Å². The van der Waals surface area contributed by atoms with Gasteiger partial charge in [-0.25, -0.2) is 4.39 Å². The third-order valence-electron chi connectivity index (χ3n) is 5.50. The zero-order chi connectivity index (χ0) is 17.3. The minimum Gasteiger partial charge on any atom is -0.384 e. The molecule has 2 aliphatic heterocycles. The molecule has 0 saturated carbocycles. The van der Waals surface area contributed by atoms with E-state index < -0.39 is 5.60 Å². The maximum Gasteiger partial charge on any atom is 0.146 e. The summed E-state index contributed by atoms with van der Waals surface area (Å²) in [6.07, 6.45) is 3.01. The van der Waals surface area contributed by atoms with Crippen molar-refractivity contribution < 1.29 is 9.50 Å². The van der Waals surface area contributed by atoms with Gasteiger partial charge in [-0.15, -0.1) is 0 Å². The molecule has 4 rings (SSSR count). The largest absolute Gasteiger partial charge is 0.384 e. The molecule has 4 heteroatoms. The minimum atomic E-state index is -0.796. The predicted molar refractivity (Wildman–Crippen MR) is 98.1 cm³/mol. The van der Waals surface area contributed by atoms with Crippen molar-refractivity contribution in [3.63, 3.8) is 0 Å². The predicted octanol–water partition coefficient (Wildman–Crippen LogP) is 3.52. The zero-order valence-electron chi connectivity index (χ0n) is 14.5. The summed E-state index contributed by atoms with van der Waals surface area (Å²) in [6.45, 7) is 3.98. The highest BCUT2D eigenvalue weighted by Gasteiger charge is 2.37. The molecule has 2 saturated heterocycles. The Morgan fingerprint density at radius 2 is 1.76 bits per heavy atom. The normalized spacial score (nSPS) is 24.2. The second-order valence-corrected chi connectivity index (χ2v) is 7.34. The minimum absolute atomic E-state index is 0.128. The number of aliphatic hydroxyl groups is 1. The lowest BCUT2D eigenvalue weighted by molar-refractivity contribution is 0.0453. The monoisotopic (exact) mass is 340 g/mol. The summed E-state index contributed by atoms with van der Waals surface area (Å²) in [5, 5.41) is 10.9. The van der Waals surface area contributed by atoms with Crippen molar-refractivity contribution >= 4 is 5.69 Å². The highest BCUT2D eigenvalue weighted by atomic mass is 19.1. The molecule has 0 bridgehead atoms. The maximum atomic E-state index is 14.5. The van der Waals surface area contributed by atoms with Gasteiger partial charge in [0.1, 0.15) is 11.4 Å². The first-order chi connectivity index (χ1) is 12.1. The molecule has 3 nitrogen and oxygen atoms in total. The average molecular weight is 340 g/mol. The van der Waals surface area contributed by atoms with Gasteiger partial charge in [0, 0.05) is 32.7 Å². The third-order valence-corrected chi connectivity index (χ3v) is 5.50. The molecule has 0 spiro atoms. The van der Waals surface area contributed by atoms with Crippen molar-refractivity contribution in [1.29, 1.82) is 0 Å². The van der Waals surface area contributed by atoms with E-state index in [1.54, 1.807) is 6.07 Å². The van der Waals surface area contributed by atoms with Crippen LogP contribution in [0.4, 0.5) is 10.1 Å². The fourth-order valence-corrected chi connectivity index (χ4v) is 4.11. The van der Waals surface area contributed by atoms with Crippen LogP contribution in [0, 0.1) is 5.82 Å². The Balaban J connectivity index is 1.44. The molecular formula is C21H25FN2O. The number of anilines is 1.